The monoisotopic (exact) mass is 233 g/mol. The number of unbranched alkanes of at least 4 members (excludes halogenated alkanes) is 1. The molecule has 2 heteroatoms. The van der Waals surface area contributed by atoms with Gasteiger partial charge < -0.3 is 10.1 Å². The Hall–Kier alpha value is -1.02. The lowest BCUT2D eigenvalue weighted by molar-refractivity contribution is 0.357. The van der Waals surface area contributed by atoms with Gasteiger partial charge in [0.15, 0.2) is 0 Å². The zero-order valence-electron chi connectivity index (χ0n) is 11.0. The van der Waals surface area contributed by atoms with Gasteiger partial charge in [0.1, 0.15) is 5.75 Å². The molecule has 2 rings (SSSR count). The highest BCUT2D eigenvalue weighted by Gasteiger charge is 2.11. The Morgan fingerprint density at radius 1 is 1.41 bits per heavy atom. The van der Waals surface area contributed by atoms with E-state index in [1.54, 1.807) is 0 Å². The second kappa shape index (κ2) is 6.06. The normalized spacial score (nSPS) is 15.4. The Morgan fingerprint density at radius 2 is 2.29 bits per heavy atom. The highest BCUT2D eigenvalue weighted by Crippen LogP contribution is 2.25. The number of rotatable bonds is 6. The second-order valence-corrected chi connectivity index (χ2v) is 4.96. The van der Waals surface area contributed by atoms with E-state index in [1.165, 1.54) is 30.4 Å². The molecular formula is C15H23NO. The molecule has 1 heterocycles. The van der Waals surface area contributed by atoms with Gasteiger partial charge in [0.25, 0.3) is 0 Å². The van der Waals surface area contributed by atoms with Crippen LogP contribution in [0.4, 0.5) is 0 Å². The van der Waals surface area contributed by atoms with Crippen molar-refractivity contribution in [3.05, 3.63) is 29.3 Å². The second-order valence-electron chi connectivity index (χ2n) is 4.96. The maximum atomic E-state index is 5.51. The van der Waals surface area contributed by atoms with E-state index in [0.717, 1.165) is 25.3 Å². The zero-order chi connectivity index (χ0) is 12.1. The van der Waals surface area contributed by atoms with E-state index in [-0.39, 0.29) is 0 Å². The van der Waals surface area contributed by atoms with Gasteiger partial charge in [0, 0.05) is 19.0 Å². The molecule has 0 aliphatic carbocycles. The van der Waals surface area contributed by atoms with Gasteiger partial charge in [-0.2, -0.15) is 0 Å². The SMILES string of the molecule is CCCCC(C)NCc1ccc2c(c1)CCO2. The minimum Gasteiger partial charge on any atom is -0.493 e. The number of ether oxygens (including phenoxy) is 1. The molecule has 0 bridgehead atoms. The van der Waals surface area contributed by atoms with Crippen LogP contribution in [-0.4, -0.2) is 12.6 Å². The van der Waals surface area contributed by atoms with Gasteiger partial charge in [-0.3, -0.25) is 0 Å². The smallest absolute Gasteiger partial charge is 0.122 e. The molecule has 94 valence electrons. The van der Waals surface area contributed by atoms with Crippen molar-refractivity contribution in [2.45, 2.75) is 52.1 Å². The van der Waals surface area contributed by atoms with Crippen molar-refractivity contribution in [2.75, 3.05) is 6.61 Å². The summed E-state index contributed by atoms with van der Waals surface area (Å²) in [5, 5.41) is 3.58. The lowest BCUT2D eigenvalue weighted by atomic mass is 10.1. The minimum absolute atomic E-state index is 0.611. The highest BCUT2D eigenvalue weighted by atomic mass is 16.5. The van der Waals surface area contributed by atoms with Gasteiger partial charge in [-0.25, -0.2) is 0 Å². The standard InChI is InChI=1S/C15H23NO/c1-3-4-5-12(2)16-11-13-6-7-15-14(10-13)8-9-17-15/h6-7,10,12,16H,3-5,8-9,11H2,1-2H3. The summed E-state index contributed by atoms with van der Waals surface area (Å²) < 4.78 is 5.51. The van der Waals surface area contributed by atoms with Crippen LogP contribution in [0.15, 0.2) is 18.2 Å². The third-order valence-electron chi connectivity index (χ3n) is 3.40. The number of hydrogen-bond donors (Lipinski definition) is 1. The third-order valence-corrected chi connectivity index (χ3v) is 3.40. The van der Waals surface area contributed by atoms with E-state index < -0.39 is 0 Å². The van der Waals surface area contributed by atoms with E-state index in [4.69, 9.17) is 4.74 Å². The fourth-order valence-corrected chi connectivity index (χ4v) is 2.25. The Kier molecular flexibility index (Phi) is 4.43. The first-order valence-corrected chi connectivity index (χ1v) is 6.77. The molecule has 1 unspecified atom stereocenters. The van der Waals surface area contributed by atoms with Crippen molar-refractivity contribution in [1.29, 1.82) is 0 Å². The predicted molar refractivity (Wildman–Crippen MR) is 71.5 cm³/mol. The average Bonchev–Trinajstić information content (AvgIpc) is 2.81. The van der Waals surface area contributed by atoms with Crippen molar-refractivity contribution in [2.24, 2.45) is 0 Å². The van der Waals surface area contributed by atoms with Gasteiger partial charge in [0.2, 0.25) is 0 Å². The van der Waals surface area contributed by atoms with Crippen LogP contribution in [-0.2, 0) is 13.0 Å². The Morgan fingerprint density at radius 3 is 3.12 bits per heavy atom. The van der Waals surface area contributed by atoms with Crippen LogP contribution in [0.25, 0.3) is 0 Å². The van der Waals surface area contributed by atoms with Crippen molar-refractivity contribution < 1.29 is 4.74 Å². The van der Waals surface area contributed by atoms with E-state index in [9.17, 15) is 0 Å². The summed E-state index contributed by atoms with van der Waals surface area (Å²) in [6.07, 6.45) is 4.92. The Balaban J connectivity index is 1.83. The fraction of sp³-hybridized carbons (Fsp3) is 0.600. The molecule has 0 radical (unpaired) electrons. The molecule has 0 fully saturated rings. The van der Waals surface area contributed by atoms with E-state index in [1.807, 2.05) is 0 Å². The van der Waals surface area contributed by atoms with E-state index >= 15 is 0 Å². The maximum absolute atomic E-state index is 5.51. The minimum atomic E-state index is 0.611. The summed E-state index contributed by atoms with van der Waals surface area (Å²) >= 11 is 0. The van der Waals surface area contributed by atoms with Gasteiger partial charge >= 0.3 is 0 Å². The van der Waals surface area contributed by atoms with Crippen LogP contribution in [0, 0.1) is 0 Å². The van der Waals surface area contributed by atoms with E-state index in [0.29, 0.717) is 6.04 Å². The summed E-state index contributed by atoms with van der Waals surface area (Å²) in [6, 6.07) is 7.17. The maximum Gasteiger partial charge on any atom is 0.122 e. The Labute approximate surface area is 104 Å². The molecule has 0 amide bonds. The molecule has 0 saturated carbocycles. The molecule has 1 aliphatic rings. The Bertz CT molecular complexity index is 362. The first-order valence-electron chi connectivity index (χ1n) is 6.77. The lowest BCUT2D eigenvalue weighted by Crippen LogP contribution is -2.25. The molecule has 0 saturated heterocycles. The summed E-state index contributed by atoms with van der Waals surface area (Å²) in [7, 11) is 0. The van der Waals surface area contributed by atoms with Crippen LogP contribution in [0.3, 0.4) is 0 Å². The van der Waals surface area contributed by atoms with Crippen molar-refractivity contribution >= 4 is 0 Å². The fourth-order valence-electron chi connectivity index (χ4n) is 2.25. The lowest BCUT2D eigenvalue weighted by Gasteiger charge is -2.13. The topological polar surface area (TPSA) is 21.3 Å². The molecule has 0 aromatic heterocycles. The van der Waals surface area contributed by atoms with Gasteiger partial charge in [0.05, 0.1) is 6.61 Å². The van der Waals surface area contributed by atoms with Gasteiger partial charge in [-0.15, -0.1) is 0 Å². The molecule has 1 atom stereocenters. The molecule has 1 aromatic carbocycles. The van der Waals surface area contributed by atoms with Crippen molar-refractivity contribution in [3.8, 4) is 5.75 Å². The predicted octanol–water partition coefficient (Wildman–Crippen LogP) is 3.29. The molecule has 1 aromatic rings. The first kappa shape index (κ1) is 12.4. The summed E-state index contributed by atoms with van der Waals surface area (Å²) in [6.45, 7) is 6.33. The number of hydrogen-bond acceptors (Lipinski definition) is 2. The van der Waals surface area contributed by atoms with Crippen molar-refractivity contribution in [3.63, 3.8) is 0 Å². The number of benzene rings is 1. The third kappa shape index (κ3) is 3.47. The van der Waals surface area contributed by atoms with Gasteiger partial charge in [-0.05, 0) is 30.5 Å². The van der Waals surface area contributed by atoms with E-state index in [2.05, 4.69) is 37.4 Å². The van der Waals surface area contributed by atoms with Crippen LogP contribution in [0.2, 0.25) is 0 Å². The summed E-state index contributed by atoms with van der Waals surface area (Å²) in [5.74, 6) is 1.08. The quantitative estimate of drug-likeness (QED) is 0.814. The molecule has 1 N–H and O–H groups in total. The largest absolute Gasteiger partial charge is 0.493 e. The average molecular weight is 233 g/mol. The highest BCUT2D eigenvalue weighted by molar-refractivity contribution is 5.39. The number of nitrogens with one attached hydrogen (secondary N) is 1. The van der Waals surface area contributed by atoms with Gasteiger partial charge in [-0.1, -0.05) is 31.9 Å². The summed E-state index contributed by atoms with van der Waals surface area (Å²) in [4.78, 5) is 0. The van der Waals surface area contributed by atoms with Crippen LogP contribution >= 0.6 is 0 Å². The van der Waals surface area contributed by atoms with Crippen molar-refractivity contribution in [1.82, 2.24) is 5.32 Å². The van der Waals surface area contributed by atoms with Crippen LogP contribution in [0.1, 0.15) is 44.2 Å². The molecule has 17 heavy (non-hydrogen) atoms. The zero-order valence-corrected chi connectivity index (χ0v) is 11.0. The first-order chi connectivity index (χ1) is 8.29. The van der Waals surface area contributed by atoms with Crippen LogP contribution in [0.5, 0.6) is 5.75 Å². The molecule has 0 spiro atoms. The number of fused-ring (bicyclic) bond motifs is 1. The molecule has 1 aliphatic heterocycles. The molecule has 2 nitrogen and oxygen atoms in total. The van der Waals surface area contributed by atoms with Crippen LogP contribution < -0.4 is 10.1 Å². The summed E-state index contributed by atoms with van der Waals surface area (Å²) in [5.41, 5.74) is 2.74. The molecular weight excluding hydrogens is 210 g/mol.